The molecule has 1 aliphatic rings. The van der Waals surface area contributed by atoms with Crippen molar-refractivity contribution >= 4 is 23.5 Å². The molecule has 0 aromatic heterocycles. The molecule has 0 aliphatic heterocycles. The predicted molar refractivity (Wildman–Crippen MR) is 105 cm³/mol. The van der Waals surface area contributed by atoms with E-state index in [1.165, 1.54) is 23.9 Å². The standard InChI is InChI=1S/C19H26N2O3S/c1-25-12-9-15-5-7-18(8-6-15)24-11-10-23-14-16-3-2-4-17(13-16)21-19(20)22/h2-5,7-8,13,15H,6,9-12,14H2,1H3,(H3,20,21,22)/p+1/t15-/m1/s1. The number of ether oxygens (including phenoxy) is 2. The van der Waals surface area contributed by atoms with E-state index in [0.29, 0.717) is 31.4 Å². The molecule has 2 rings (SSSR count). The van der Waals surface area contributed by atoms with Crippen LogP contribution in [0.5, 0.6) is 0 Å². The number of nitrogens with two attached hydrogens (primary N) is 1. The number of allylic oxidation sites excluding steroid dienone is 3. The number of benzene rings is 1. The largest absolute Gasteiger partial charge is 0.492 e. The number of carbonyl (C=O) groups is 1. The normalized spacial score (nSPS) is 16.4. The Morgan fingerprint density at radius 3 is 3.00 bits per heavy atom. The van der Waals surface area contributed by atoms with Crippen LogP contribution < -0.4 is 11.1 Å². The van der Waals surface area contributed by atoms with Crippen molar-refractivity contribution in [2.75, 3.05) is 30.5 Å². The van der Waals surface area contributed by atoms with Gasteiger partial charge in [0, 0.05) is 5.69 Å². The van der Waals surface area contributed by atoms with Gasteiger partial charge in [-0.2, -0.15) is 0 Å². The SMILES string of the molecule is C[SH+]CC[C@@H]1C=CC(OCCOCc2cccc(NC(N)=O)c2)=CC1. The first-order valence-corrected chi connectivity index (χ1v) is 10.00. The van der Waals surface area contributed by atoms with E-state index in [4.69, 9.17) is 15.2 Å². The maximum absolute atomic E-state index is 10.9. The molecule has 2 amide bonds. The number of carbonyl (C=O) groups excluding carboxylic acids is 1. The molecule has 1 aromatic rings. The van der Waals surface area contributed by atoms with Crippen molar-refractivity contribution in [2.45, 2.75) is 19.4 Å². The number of rotatable bonds is 10. The molecule has 1 aliphatic carbocycles. The highest BCUT2D eigenvalue weighted by molar-refractivity contribution is 7.77. The third-order valence-electron chi connectivity index (χ3n) is 3.84. The van der Waals surface area contributed by atoms with Crippen molar-refractivity contribution in [3.63, 3.8) is 0 Å². The van der Waals surface area contributed by atoms with Gasteiger partial charge in [0.15, 0.2) is 0 Å². The van der Waals surface area contributed by atoms with Gasteiger partial charge in [-0.3, -0.25) is 0 Å². The summed E-state index contributed by atoms with van der Waals surface area (Å²) in [7, 11) is 0. The molecule has 25 heavy (non-hydrogen) atoms. The quantitative estimate of drug-likeness (QED) is 0.381. The Labute approximate surface area is 153 Å². The molecule has 3 N–H and O–H groups in total. The Bertz CT molecular complexity index is 616. The lowest BCUT2D eigenvalue weighted by Crippen LogP contribution is -2.19. The van der Waals surface area contributed by atoms with Crippen molar-refractivity contribution in [2.24, 2.45) is 11.7 Å². The molecular weight excluding hydrogens is 336 g/mol. The molecular formula is C19H27N2O3S+. The molecule has 1 atom stereocenters. The Morgan fingerprint density at radius 1 is 1.40 bits per heavy atom. The van der Waals surface area contributed by atoms with Crippen molar-refractivity contribution in [3.05, 3.63) is 53.8 Å². The second kappa shape index (κ2) is 10.8. The van der Waals surface area contributed by atoms with Gasteiger partial charge in [-0.15, -0.1) is 0 Å². The monoisotopic (exact) mass is 363 g/mol. The molecule has 0 spiro atoms. The highest BCUT2D eigenvalue weighted by Gasteiger charge is 2.10. The van der Waals surface area contributed by atoms with E-state index in [2.05, 4.69) is 29.8 Å². The van der Waals surface area contributed by atoms with Gasteiger partial charge in [0.25, 0.3) is 0 Å². The minimum atomic E-state index is -0.572. The van der Waals surface area contributed by atoms with Gasteiger partial charge in [-0.25, -0.2) is 4.79 Å². The summed E-state index contributed by atoms with van der Waals surface area (Å²) >= 11 is 1.46. The summed E-state index contributed by atoms with van der Waals surface area (Å²) in [4.78, 5) is 10.9. The lowest BCUT2D eigenvalue weighted by atomic mass is 9.98. The number of hydrogen-bond acceptors (Lipinski definition) is 3. The average molecular weight is 364 g/mol. The maximum atomic E-state index is 10.9. The van der Waals surface area contributed by atoms with Crippen LogP contribution in [0.3, 0.4) is 0 Å². The third-order valence-corrected chi connectivity index (χ3v) is 4.54. The van der Waals surface area contributed by atoms with E-state index in [1.54, 1.807) is 6.07 Å². The summed E-state index contributed by atoms with van der Waals surface area (Å²) < 4.78 is 11.3. The van der Waals surface area contributed by atoms with Crippen LogP contribution in [0, 0.1) is 5.92 Å². The van der Waals surface area contributed by atoms with Crippen LogP contribution in [0.15, 0.2) is 48.3 Å². The van der Waals surface area contributed by atoms with Crippen molar-refractivity contribution in [3.8, 4) is 0 Å². The number of primary amides is 1. The zero-order chi connectivity index (χ0) is 17.9. The fourth-order valence-electron chi connectivity index (χ4n) is 2.55. The number of thiol groups is 1. The number of urea groups is 1. The van der Waals surface area contributed by atoms with Gasteiger partial charge in [-0.1, -0.05) is 18.2 Å². The fourth-order valence-corrected chi connectivity index (χ4v) is 3.14. The summed E-state index contributed by atoms with van der Waals surface area (Å²) in [5.74, 6) is 2.84. The van der Waals surface area contributed by atoms with Crippen LogP contribution in [-0.2, 0) is 27.8 Å². The van der Waals surface area contributed by atoms with E-state index < -0.39 is 6.03 Å². The molecule has 5 nitrogen and oxygen atoms in total. The summed E-state index contributed by atoms with van der Waals surface area (Å²) in [5.41, 5.74) is 6.75. The number of amides is 2. The highest BCUT2D eigenvalue weighted by atomic mass is 32.2. The van der Waals surface area contributed by atoms with Crippen LogP contribution in [-0.4, -0.2) is 31.3 Å². The molecule has 1 aromatic carbocycles. The summed E-state index contributed by atoms with van der Waals surface area (Å²) in [5, 5.41) is 2.55. The van der Waals surface area contributed by atoms with Gasteiger partial charge < -0.3 is 20.5 Å². The lowest BCUT2D eigenvalue weighted by Gasteiger charge is -2.15. The summed E-state index contributed by atoms with van der Waals surface area (Å²) in [6, 6.07) is 6.85. The van der Waals surface area contributed by atoms with Crippen molar-refractivity contribution in [1.82, 2.24) is 0 Å². The van der Waals surface area contributed by atoms with E-state index >= 15 is 0 Å². The Morgan fingerprint density at radius 2 is 2.28 bits per heavy atom. The van der Waals surface area contributed by atoms with E-state index in [9.17, 15) is 4.79 Å². The fraction of sp³-hybridized carbons (Fsp3) is 0.421. The molecule has 0 unspecified atom stereocenters. The average Bonchev–Trinajstić information content (AvgIpc) is 2.60. The van der Waals surface area contributed by atoms with E-state index in [0.717, 1.165) is 17.7 Å². The Kier molecular flexibility index (Phi) is 8.42. The van der Waals surface area contributed by atoms with Crippen LogP contribution >= 0.6 is 0 Å². The van der Waals surface area contributed by atoms with Crippen LogP contribution in [0.1, 0.15) is 18.4 Å². The molecule has 0 bridgehead atoms. The predicted octanol–water partition coefficient (Wildman–Crippen LogP) is 3.01. The third kappa shape index (κ3) is 7.67. The first-order chi connectivity index (χ1) is 12.2. The maximum Gasteiger partial charge on any atom is 0.316 e. The van der Waals surface area contributed by atoms with Crippen molar-refractivity contribution < 1.29 is 14.3 Å². The number of anilines is 1. The zero-order valence-electron chi connectivity index (χ0n) is 14.6. The zero-order valence-corrected chi connectivity index (χ0v) is 15.5. The smallest absolute Gasteiger partial charge is 0.316 e. The first-order valence-electron chi connectivity index (χ1n) is 8.47. The van der Waals surface area contributed by atoms with Gasteiger partial charge in [0.1, 0.15) is 18.1 Å². The Balaban J connectivity index is 1.62. The first kappa shape index (κ1) is 19.4. The highest BCUT2D eigenvalue weighted by Crippen LogP contribution is 2.20. The summed E-state index contributed by atoms with van der Waals surface area (Å²) in [6.07, 6.45) is 11.0. The molecule has 6 heteroatoms. The lowest BCUT2D eigenvalue weighted by molar-refractivity contribution is 0.0687. The van der Waals surface area contributed by atoms with Gasteiger partial charge >= 0.3 is 6.03 Å². The minimum Gasteiger partial charge on any atom is -0.492 e. The van der Waals surface area contributed by atoms with Crippen LogP contribution in [0.25, 0.3) is 0 Å². The van der Waals surface area contributed by atoms with Gasteiger partial charge in [0.2, 0.25) is 0 Å². The topological polar surface area (TPSA) is 73.6 Å². The van der Waals surface area contributed by atoms with Crippen LogP contribution in [0.2, 0.25) is 0 Å². The van der Waals surface area contributed by atoms with Gasteiger partial charge in [-0.05, 0) is 60.4 Å². The molecule has 0 saturated heterocycles. The van der Waals surface area contributed by atoms with Crippen molar-refractivity contribution in [1.29, 1.82) is 0 Å². The molecule has 136 valence electrons. The molecule has 0 fully saturated rings. The molecule has 0 radical (unpaired) electrons. The number of hydrogen-bond donors (Lipinski definition) is 2. The van der Waals surface area contributed by atoms with E-state index in [1.807, 2.05) is 18.2 Å². The minimum absolute atomic E-state index is 0.463. The second-order valence-corrected chi connectivity index (χ2v) is 6.96. The van der Waals surface area contributed by atoms with Crippen LogP contribution in [0.4, 0.5) is 10.5 Å². The second-order valence-electron chi connectivity index (χ2n) is 5.88. The summed E-state index contributed by atoms with van der Waals surface area (Å²) in [6.45, 7) is 1.50. The number of nitrogens with one attached hydrogen (secondary N) is 1. The Hall–Kier alpha value is -1.92. The molecule has 0 saturated carbocycles. The van der Waals surface area contributed by atoms with E-state index in [-0.39, 0.29) is 0 Å². The molecule has 0 heterocycles. The van der Waals surface area contributed by atoms with Gasteiger partial charge in [0.05, 0.1) is 19.5 Å².